The number of carbonyl (C=O) groups excluding carboxylic acids is 1. The first-order valence-electron chi connectivity index (χ1n) is 9.98. The molecule has 1 aliphatic rings. The molecule has 1 atom stereocenters. The van der Waals surface area contributed by atoms with E-state index >= 15 is 0 Å². The molecule has 0 aliphatic carbocycles. The van der Waals surface area contributed by atoms with Gasteiger partial charge in [0.25, 0.3) is 0 Å². The minimum Gasteiger partial charge on any atom is -0.406 e. The Hall–Kier alpha value is -3.23. The number of carbonyl (C=O) groups is 1. The number of ether oxygens (including phenoxy) is 1. The topological polar surface area (TPSA) is 80.0 Å². The van der Waals surface area contributed by atoms with Crippen molar-refractivity contribution in [1.82, 2.24) is 10.2 Å². The van der Waals surface area contributed by atoms with E-state index in [-0.39, 0.29) is 30.1 Å². The maximum atomic E-state index is 12.2. The van der Waals surface area contributed by atoms with Crippen LogP contribution >= 0.6 is 0 Å². The van der Waals surface area contributed by atoms with Gasteiger partial charge in [0.05, 0.1) is 6.54 Å². The molecule has 6 nitrogen and oxygen atoms in total. The SMILES string of the molecule is NC(=NCc1ccc(OC(F)(F)F)cc1)NCC1CC(=O)N(CCc2ccccc2)C1. The summed E-state index contributed by atoms with van der Waals surface area (Å²) < 4.78 is 40.4. The van der Waals surface area contributed by atoms with Crippen molar-refractivity contribution in [3.8, 4) is 5.75 Å². The Morgan fingerprint density at radius 1 is 1.13 bits per heavy atom. The predicted molar refractivity (Wildman–Crippen MR) is 111 cm³/mol. The van der Waals surface area contributed by atoms with Gasteiger partial charge < -0.3 is 20.7 Å². The number of rotatable bonds is 8. The smallest absolute Gasteiger partial charge is 0.406 e. The van der Waals surface area contributed by atoms with Crippen LogP contribution in [0.4, 0.5) is 13.2 Å². The number of amides is 1. The second kappa shape index (κ2) is 10.2. The van der Waals surface area contributed by atoms with Crippen LogP contribution < -0.4 is 15.8 Å². The summed E-state index contributed by atoms with van der Waals surface area (Å²) >= 11 is 0. The van der Waals surface area contributed by atoms with E-state index in [1.807, 2.05) is 35.2 Å². The molecule has 0 spiro atoms. The highest BCUT2D eigenvalue weighted by molar-refractivity contribution is 5.80. The molecule has 0 aromatic heterocycles. The lowest BCUT2D eigenvalue weighted by atomic mass is 10.1. The summed E-state index contributed by atoms with van der Waals surface area (Å²) in [4.78, 5) is 18.3. The molecular formula is C22H25F3N4O2. The van der Waals surface area contributed by atoms with Crippen molar-refractivity contribution in [2.24, 2.45) is 16.6 Å². The Bertz CT molecular complexity index is 886. The Kier molecular flexibility index (Phi) is 7.38. The third kappa shape index (κ3) is 7.51. The molecule has 1 amide bonds. The number of nitrogens with one attached hydrogen (secondary N) is 1. The van der Waals surface area contributed by atoms with E-state index < -0.39 is 6.36 Å². The van der Waals surface area contributed by atoms with E-state index in [2.05, 4.69) is 15.0 Å². The predicted octanol–water partition coefficient (Wildman–Crippen LogP) is 3.08. The number of halogens is 3. The second-order valence-corrected chi connectivity index (χ2v) is 7.42. The van der Waals surface area contributed by atoms with Crippen molar-refractivity contribution in [3.63, 3.8) is 0 Å². The van der Waals surface area contributed by atoms with Crippen LogP contribution in [0.2, 0.25) is 0 Å². The van der Waals surface area contributed by atoms with Gasteiger partial charge in [0.15, 0.2) is 5.96 Å². The van der Waals surface area contributed by atoms with Gasteiger partial charge in [-0.3, -0.25) is 4.79 Å². The minimum atomic E-state index is -4.72. The summed E-state index contributed by atoms with van der Waals surface area (Å²) in [5.41, 5.74) is 7.78. The van der Waals surface area contributed by atoms with E-state index in [0.29, 0.717) is 31.6 Å². The largest absolute Gasteiger partial charge is 0.573 e. The Labute approximate surface area is 178 Å². The summed E-state index contributed by atoms with van der Waals surface area (Å²) in [5.74, 6) is 0.232. The van der Waals surface area contributed by atoms with Gasteiger partial charge in [0.2, 0.25) is 5.91 Å². The number of aliphatic imine (C=N–C) groups is 1. The molecule has 2 aromatic rings. The van der Waals surface area contributed by atoms with E-state index in [4.69, 9.17) is 5.73 Å². The summed E-state index contributed by atoms with van der Waals surface area (Å²) in [7, 11) is 0. The fourth-order valence-corrected chi connectivity index (χ4v) is 3.39. The molecule has 2 aromatic carbocycles. The van der Waals surface area contributed by atoms with Crippen LogP contribution in [0.1, 0.15) is 17.5 Å². The van der Waals surface area contributed by atoms with Crippen molar-refractivity contribution < 1.29 is 22.7 Å². The molecule has 0 radical (unpaired) electrons. The molecule has 1 fully saturated rings. The van der Waals surface area contributed by atoms with Crippen molar-refractivity contribution in [2.75, 3.05) is 19.6 Å². The molecule has 3 N–H and O–H groups in total. The lowest BCUT2D eigenvalue weighted by molar-refractivity contribution is -0.274. The average molecular weight is 434 g/mol. The zero-order chi connectivity index (χ0) is 22.3. The van der Waals surface area contributed by atoms with E-state index in [1.165, 1.54) is 29.8 Å². The molecular weight excluding hydrogens is 409 g/mol. The van der Waals surface area contributed by atoms with E-state index in [0.717, 1.165) is 6.42 Å². The minimum absolute atomic E-state index is 0.138. The Morgan fingerprint density at radius 3 is 2.52 bits per heavy atom. The maximum absolute atomic E-state index is 12.2. The quantitative estimate of drug-likeness (QED) is 0.494. The third-order valence-corrected chi connectivity index (χ3v) is 4.97. The van der Waals surface area contributed by atoms with Gasteiger partial charge >= 0.3 is 6.36 Å². The van der Waals surface area contributed by atoms with Crippen LogP contribution in [0.5, 0.6) is 5.75 Å². The summed E-state index contributed by atoms with van der Waals surface area (Å²) in [6.07, 6.45) is -3.42. The van der Waals surface area contributed by atoms with Crippen LogP contribution in [0.15, 0.2) is 59.6 Å². The van der Waals surface area contributed by atoms with Gasteiger partial charge in [-0.15, -0.1) is 13.2 Å². The highest BCUT2D eigenvalue weighted by atomic mass is 19.4. The van der Waals surface area contributed by atoms with Crippen LogP contribution in [0.25, 0.3) is 0 Å². The van der Waals surface area contributed by atoms with Gasteiger partial charge in [-0.25, -0.2) is 4.99 Å². The lowest BCUT2D eigenvalue weighted by Gasteiger charge is -2.17. The molecule has 166 valence electrons. The van der Waals surface area contributed by atoms with Crippen molar-refractivity contribution in [1.29, 1.82) is 0 Å². The molecule has 0 saturated carbocycles. The van der Waals surface area contributed by atoms with Crippen LogP contribution in [-0.2, 0) is 17.8 Å². The highest BCUT2D eigenvalue weighted by Gasteiger charge is 2.31. The van der Waals surface area contributed by atoms with E-state index in [1.54, 1.807) is 0 Å². The molecule has 1 heterocycles. The molecule has 31 heavy (non-hydrogen) atoms. The highest BCUT2D eigenvalue weighted by Crippen LogP contribution is 2.23. The number of nitrogens with zero attached hydrogens (tertiary/aromatic N) is 2. The van der Waals surface area contributed by atoms with Gasteiger partial charge in [0.1, 0.15) is 5.75 Å². The number of benzene rings is 2. The third-order valence-electron chi connectivity index (χ3n) is 4.97. The summed E-state index contributed by atoms with van der Waals surface area (Å²) in [6.45, 7) is 2.11. The second-order valence-electron chi connectivity index (χ2n) is 7.42. The standard InChI is InChI=1S/C22H25F3N4O2/c23-22(24,25)31-19-8-6-17(7-9-19)13-27-21(26)28-14-18-12-20(30)29(15-18)11-10-16-4-2-1-3-5-16/h1-9,18H,10-15H2,(H3,26,27,28). The molecule has 1 saturated heterocycles. The molecule has 3 rings (SSSR count). The summed E-state index contributed by atoms with van der Waals surface area (Å²) in [5, 5.41) is 3.03. The van der Waals surface area contributed by atoms with Gasteiger partial charge in [-0.1, -0.05) is 42.5 Å². The average Bonchev–Trinajstić information content (AvgIpc) is 3.09. The lowest BCUT2D eigenvalue weighted by Crippen LogP contribution is -2.36. The zero-order valence-corrected chi connectivity index (χ0v) is 16.9. The first kappa shape index (κ1) is 22.5. The monoisotopic (exact) mass is 434 g/mol. The van der Waals surface area contributed by atoms with Gasteiger partial charge in [-0.2, -0.15) is 0 Å². The van der Waals surface area contributed by atoms with Gasteiger partial charge in [-0.05, 0) is 29.7 Å². The van der Waals surface area contributed by atoms with Crippen molar-refractivity contribution in [3.05, 3.63) is 65.7 Å². The fourth-order valence-electron chi connectivity index (χ4n) is 3.39. The van der Waals surface area contributed by atoms with Crippen LogP contribution in [0.3, 0.4) is 0 Å². The molecule has 0 bridgehead atoms. The van der Waals surface area contributed by atoms with Gasteiger partial charge in [0, 0.05) is 32.0 Å². The molecule has 1 unspecified atom stereocenters. The van der Waals surface area contributed by atoms with Crippen molar-refractivity contribution in [2.45, 2.75) is 25.7 Å². The zero-order valence-electron chi connectivity index (χ0n) is 16.9. The Balaban J connectivity index is 1.40. The van der Waals surface area contributed by atoms with Crippen molar-refractivity contribution >= 4 is 11.9 Å². The molecule has 1 aliphatic heterocycles. The van der Waals surface area contributed by atoms with Crippen LogP contribution in [0, 0.1) is 5.92 Å². The first-order valence-corrected chi connectivity index (χ1v) is 9.98. The number of guanidine groups is 1. The summed E-state index contributed by atoms with van der Waals surface area (Å²) in [6, 6.07) is 15.5. The molecule has 9 heteroatoms. The number of hydrogen-bond acceptors (Lipinski definition) is 3. The number of likely N-dealkylation sites (tertiary alicyclic amines) is 1. The van der Waals surface area contributed by atoms with E-state index in [9.17, 15) is 18.0 Å². The number of alkyl halides is 3. The number of nitrogens with two attached hydrogens (primary N) is 1. The normalized spacial score (nSPS) is 17.1. The Morgan fingerprint density at radius 2 is 1.84 bits per heavy atom. The number of hydrogen-bond donors (Lipinski definition) is 2. The fraction of sp³-hybridized carbons (Fsp3) is 0.364. The maximum Gasteiger partial charge on any atom is 0.573 e. The first-order chi connectivity index (χ1) is 14.8. The van der Waals surface area contributed by atoms with Crippen LogP contribution in [-0.4, -0.2) is 42.8 Å².